The van der Waals surface area contributed by atoms with E-state index in [9.17, 15) is 40.9 Å². The van der Waals surface area contributed by atoms with Gasteiger partial charge in [0.1, 0.15) is 17.1 Å². The van der Waals surface area contributed by atoms with Crippen molar-refractivity contribution in [3.63, 3.8) is 0 Å². The fraction of sp³-hybridized carbons (Fsp3) is 0.528. The Morgan fingerprint density at radius 2 is 1.07 bits per heavy atom. The first kappa shape index (κ1) is 73.4. The van der Waals surface area contributed by atoms with Crippen LogP contribution in [0.25, 0.3) is 0 Å². The summed E-state index contributed by atoms with van der Waals surface area (Å²) in [5.74, 6) is 2.11. The number of aromatic hydroxyl groups is 1. The number of hydrogen-bond donors (Lipinski definition) is 1. The number of unbranched alkanes of at least 4 members (excludes halogenated alkanes) is 1. The van der Waals surface area contributed by atoms with Gasteiger partial charge < -0.3 is 33.3 Å². The summed E-state index contributed by atoms with van der Waals surface area (Å²) in [7, 11) is -6.09. The first-order valence-corrected chi connectivity index (χ1v) is 34.3. The molecule has 4 bridgehead atoms. The van der Waals surface area contributed by atoms with Crippen LogP contribution < -0.4 is 4.74 Å². The molecule has 5 fully saturated rings. The highest BCUT2D eigenvalue weighted by atomic mass is 32.2. The summed E-state index contributed by atoms with van der Waals surface area (Å²) in [6, 6.07) is 47.2. The zero-order valence-corrected chi connectivity index (χ0v) is 55.7. The maximum atomic E-state index is 12.8. The van der Waals surface area contributed by atoms with E-state index in [1.165, 1.54) is 57.9 Å². The molecule has 10 rings (SSSR count). The van der Waals surface area contributed by atoms with Gasteiger partial charge in [-0.05, 0) is 212 Å². The Kier molecular flexibility index (Phi) is 28.2. The number of esters is 4. The smallest absolute Gasteiger partial charge is 0.428 e. The predicted molar refractivity (Wildman–Crippen MR) is 344 cm³/mol. The summed E-state index contributed by atoms with van der Waals surface area (Å²) < 4.78 is 82.0. The van der Waals surface area contributed by atoms with Crippen molar-refractivity contribution in [2.75, 3.05) is 19.8 Å². The molecule has 1 heterocycles. The van der Waals surface area contributed by atoms with Crippen LogP contribution in [0.3, 0.4) is 0 Å². The van der Waals surface area contributed by atoms with E-state index in [2.05, 4.69) is 137 Å². The van der Waals surface area contributed by atoms with Crippen molar-refractivity contribution in [3.05, 3.63) is 151 Å². The van der Waals surface area contributed by atoms with Crippen LogP contribution in [0.5, 0.6) is 11.5 Å². The van der Waals surface area contributed by atoms with E-state index in [0.29, 0.717) is 61.0 Å². The van der Waals surface area contributed by atoms with E-state index in [0.717, 1.165) is 37.5 Å². The second kappa shape index (κ2) is 34.2. The minimum Gasteiger partial charge on any atom is -0.743 e. The number of cyclic esters (lactones) is 1. The monoisotopic (exact) mass is 1270 g/mol. The standard InChI is InChI=1S/C18H30O2.C18H15S.C16H22F2O6S.C10H16O4.C10H14O/c1-5-17(3,4)16(19)20-18(6-2)14-8-12-7-13(10-14)11-15(18)9-12;1-4-10-16(11-5-1)19(17-12-6-2-7-13-17)18-14-8-3-9-15-18;1-3-12(2)13-6-8-14(9-7-13)23-10-4-5-11-24-15(19)16(17,18)25(20,21)22;1-4-10(2,3)9(12)14-7-5-6-13-8(7)11;1-3-8(2)9-4-6-10(11)7-5-9/h12-15H,5-11H2,1-4H3;1-15H;6-9,12H,3-5,10-11H2,1-2H3,(H,20,21,22);7H,4-6H2,1-3H3;4-8,11H,3H2,1-2H3/q;+1;;;/p-1. The molecule has 0 radical (unpaired) electrons. The lowest BCUT2D eigenvalue weighted by molar-refractivity contribution is -0.218. The minimum atomic E-state index is -6.08. The third-order valence-electron chi connectivity index (χ3n) is 18.0. The molecule has 4 saturated carbocycles. The van der Waals surface area contributed by atoms with Crippen LogP contribution in [-0.4, -0.2) is 78.7 Å². The van der Waals surface area contributed by atoms with Crippen LogP contribution in [0.4, 0.5) is 8.78 Å². The number of rotatable bonds is 22. The molecule has 17 heteroatoms. The number of halogens is 2. The van der Waals surface area contributed by atoms with E-state index >= 15 is 0 Å². The van der Waals surface area contributed by atoms with Gasteiger partial charge in [0.25, 0.3) is 0 Å². The number of carbonyl (C=O) groups excluding carboxylic acids is 4. The van der Waals surface area contributed by atoms with Gasteiger partial charge in [0.05, 0.1) is 41.5 Å². The van der Waals surface area contributed by atoms with Gasteiger partial charge in [-0.1, -0.05) is 127 Å². The van der Waals surface area contributed by atoms with Crippen LogP contribution in [0, 0.1) is 34.5 Å². The Bertz CT molecular complexity index is 2950. The number of benzene rings is 5. The number of phenolic OH excluding ortho intramolecular Hbond substituents is 1. The van der Waals surface area contributed by atoms with Gasteiger partial charge in [0.2, 0.25) is 6.10 Å². The topological polar surface area (TPSA) is 192 Å². The lowest BCUT2D eigenvalue weighted by Crippen LogP contribution is -2.60. The van der Waals surface area contributed by atoms with Gasteiger partial charge >= 0.3 is 29.1 Å². The fourth-order valence-electron chi connectivity index (χ4n) is 11.3. The number of hydrogen-bond acceptors (Lipinski definition) is 13. The molecule has 3 atom stereocenters. The van der Waals surface area contributed by atoms with E-state index < -0.39 is 45.4 Å². The summed E-state index contributed by atoms with van der Waals surface area (Å²) in [4.78, 5) is 50.2. The summed E-state index contributed by atoms with van der Waals surface area (Å²) >= 11 is 0. The maximum absolute atomic E-state index is 12.8. The minimum absolute atomic E-state index is 0.0146. The number of phenols is 1. The van der Waals surface area contributed by atoms with Gasteiger partial charge in [-0.2, -0.15) is 8.78 Å². The molecule has 1 N–H and O–H groups in total. The Morgan fingerprint density at radius 1 is 0.640 bits per heavy atom. The fourth-order valence-corrected chi connectivity index (χ4v) is 13.6. The zero-order chi connectivity index (χ0) is 65.6. The highest BCUT2D eigenvalue weighted by molar-refractivity contribution is 7.97. The molecular weight excluding hydrogens is 1170 g/mol. The Morgan fingerprint density at radius 3 is 1.46 bits per heavy atom. The van der Waals surface area contributed by atoms with Gasteiger partial charge in [-0.25, -0.2) is 18.0 Å². The molecule has 0 spiro atoms. The first-order valence-electron chi connectivity index (χ1n) is 31.7. The van der Waals surface area contributed by atoms with Crippen LogP contribution in [0.15, 0.2) is 154 Å². The van der Waals surface area contributed by atoms with Crippen molar-refractivity contribution < 1.29 is 69.7 Å². The van der Waals surface area contributed by atoms with Crippen molar-refractivity contribution in [1.29, 1.82) is 0 Å². The molecular formula is C72H96F2O13S2. The van der Waals surface area contributed by atoms with E-state index in [1.807, 2.05) is 57.2 Å². The van der Waals surface area contributed by atoms with Crippen LogP contribution >= 0.6 is 0 Å². The lowest BCUT2D eigenvalue weighted by Gasteiger charge is -2.60. The molecule has 5 aliphatic rings. The summed E-state index contributed by atoms with van der Waals surface area (Å²) in [5, 5.41) is 3.94. The Hall–Kier alpha value is -6.30. The molecule has 0 amide bonds. The van der Waals surface area contributed by atoms with Crippen molar-refractivity contribution in [3.8, 4) is 11.5 Å². The third kappa shape index (κ3) is 20.9. The molecule has 1 saturated heterocycles. The largest absolute Gasteiger partial charge is 0.743 e. The number of ether oxygens (including phenoxy) is 5. The number of carbonyl (C=O) groups is 4. The van der Waals surface area contributed by atoms with Crippen LogP contribution in [0.1, 0.15) is 183 Å². The van der Waals surface area contributed by atoms with Crippen LogP contribution in [-0.2, 0) is 59.1 Å². The second-order valence-corrected chi connectivity index (χ2v) is 28.5. The normalized spacial score (nSPS) is 20.7. The third-order valence-corrected chi connectivity index (χ3v) is 21.1. The summed E-state index contributed by atoms with van der Waals surface area (Å²) in [6.45, 7) is 22.6. The Balaban J connectivity index is 0.000000207. The van der Waals surface area contributed by atoms with Gasteiger partial charge in [-0.3, -0.25) is 9.59 Å². The Labute approximate surface area is 531 Å². The van der Waals surface area contributed by atoms with Gasteiger partial charge in [0.15, 0.2) is 24.8 Å². The average molecular weight is 1270 g/mol. The SMILES string of the molecule is CCC(C)(C)C(=O)OC1(CC)C2CC3CC(C2)CC1C3.CCC(C)(C)C(=O)OC1CCOC1=O.CCC(C)c1ccc(O)cc1.CCC(C)c1ccc(OCCCCOC(=O)C(F)(F)S(=O)(=O)[O-])cc1.c1ccc([S+](c2ccccc2)c2ccccc2)cc1. The molecule has 1 aliphatic heterocycles. The first-order chi connectivity index (χ1) is 42.2. The highest BCUT2D eigenvalue weighted by Gasteiger charge is 2.59. The van der Waals surface area contributed by atoms with Crippen molar-refractivity contribution in [2.45, 2.75) is 203 Å². The van der Waals surface area contributed by atoms with Crippen molar-refractivity contribution in [1.82, 2.24) is 0 Å². The second-order valence-electron chi connectivity index (χ2n) is 25.0. The lowest BCUT2D eigenvalue weighted by atomic mass is 9.49. The molecule has 4 aliphatic carbocycles. The summed E-state index contributed by atoms with van der Waals surface area (Å²) in [6.07, 6.45) is 11.8. The molecule has 488 valence electrons. The molecule has 0 aromatic heterocycles. The van der Waals surface area contributed by atoms with E-state index in [4.69, 9.17) is 24.1 Å². The van der Waals surface area contributed by atoms with Crippen molar-refractivity contribution >= 4 is 44.9 Å². The highest BCUT2D eigenvalue weighted by Crippen LogP contribution is 2.61. The molecule has 3 unspecified atom stereocenters. The quantitative estimate of drug-likeness (QED) is 0.0226. The molecule has 13 nitrogen and oxygen atoms in total. The molecule has 5 aromatic carbocycles. The molecule has 89 heavy (non-hydrogen) atoms. The zero-order valence-electron chi connectivity index (χ0n) is 54.1. The maximum Gasteiger partial charge on any atom is 0.428 e. The summed E-state index contributed by atoms with van der Waals surface area (Å²) in [5.41, 5.74) is 1.51. The van der Waals surface area contributed by atoms with Gasteiger partial charge in [-0.15, -0.1) is 0 Å². The average Bonchev–Trinajstić information content (AvgIpc) is 1.03. The molecule has 5 aromatic rings. The van der Waals surface area contributed by atoms with Gasteiger partial charge in [0, 0.05) is 6.42 Å². The predicted octanol–water partition coefficient (Wildman–Crippen LogP) is 16.6. The van der Waals surface area contributed by atoms with E-state index in [-0.39, 0.29) is 46.9 Å². The van der Waals surface area contributed by atoms with Crippen molar-refractivity contribution in [2.24, 2.45) is 34.5 Å². The van der Waals surface area contributed by atoms with Crippen LogP contribution in [0.2, 0.25) is 0 Å². The van der Waals surface area contributed by atoms with E-state index in [1.54, 1.807) is 26.0 Å². The number of alkyl halides is 2.